The SMILES string of the molecule is CCN(CC(=O)Nc1ccccc1OC)C(=O)[C@H]1Cc2ccccc2O1. The van der Waals surface area contributed by atoms with Crippen LogP contribution in [0.1, 0.15) is 12.5 Å². The van der Waals surface area contributed by atoms with Gasteiger partial charge in [-0.2, -0.15) is 0 Å². The fourth-order valence-electron chi connectivity index (χ4n) is 2.98. The number of ether oxygens (including phenoxy) is 2. The van der Waals surface area contributed by atoms with Gasteiger partial charge in [0.05, 0.1) is 19.3 Å². The molecule has 6 nitrogen and oxygen atoms in total. The van der Waals surface area contributed by atoms with E-state index < -0.39 is 6.10 Å². The lowest BCUT2D eigenvalue weighted by Crippen LogP contribution is -2.44. The molecule has 1 N–H and O–H groups in total. The quantitative estimate of drug-likeness (QED) is 0.865. The Hall–Kier alpha value is -3.02. The monoisotopic (exact) mass is 354 g/mol. The summed E-state index contributed by atoms with van der Waals surface area (Å²) in [6.45, 7) is 2.23. The van der Waals surface area contributed by atoms with E-state index in [1.165, 1.54) is 4.90 Å². The van der Waals surface area contributed by atoms with Gasteiger partial charge in [0.25, 0.3) is 5.91 Å². The van der Waals surface area contributed by atoms with Gasteiger partial charge in [0.1, 0.15) is 11.5 Å². The van der Waals surface area contributed by atoms with Gasteiger partial charge in [-0.05, 0) is 30.7 Å². The van der Waals surface area contributed by atoms with Crippen LogP contribution in [0.3, 0.4) is 0 Å². The highest BCUT2D eigenvalue weighted by Crippen LogP contribution is 2.29. The number of nitrogens with zero attached hydrogens (tertiary/aromatic N) is 1. The van der Waals surface area contributed by atoms with E-state index in [2.05, 4.69) is 5.32 Å². The molecule has 0 saturated carbocycles. The number of fused-ring (bicyclic) bond motifs is 1. The topological polar surface area (TPSA) is 67.9 Å². The summed E-state index contributed by atoms with van der Waals surface area (Å²) < 4.78 is 11.0. The third kappa shape index (κ3) is 3.79. The Bertz CT molecular complexity index is 781. The Kier molecular flexibility index (Phi) is 5.41. The Morgan fingerprint density at radius 1 is 1.19 bits per heavy atom. The lowest BCUT2D eigenvalue weighted by atomic mass is 10.1. The fraction of sp³-hybridized carbons (Fsp3) is 0.300. The molecule has 0 bridgehead atoms. The Balaban J connectivity index is 1.62. The van der Waals surface area contributed by atoms with Gasteiger partial charge in [-0.15, -0.1) is 0 Å². The van der Waals surface area contributed by atoms with Crippen LogP contribution in [0.4, 0.5) is 5.69 Å². The van der Waals surface area contributed by atoms with Crippen LogP contribution in [0.2, 0.25) is 0 Å². The van der Waals surface area contributed by atoms with Gasteiger partial charge in [0, 0.05) is 13.0 Å². The summed E-state index contributed by atoms with van der Waals surface area (Å²) in [5.74, 6) is 0.851. The van der Waals surface area contributed by atoms with Gasteiger partial charge < -0.3 is 19.7 Å². The Morgan fingerprint density at radius 2 is 1.92 bits per heavy atom. The number of hydrogen-bond acceptors (Lipinski definition) is 4. The van der Waals surface area contributed by atoms with Crippen LogP contribution in [0.25, 0.3) is 0 Å². The van der Waals surface area contributed by atoms with Crippen molar-refractivity contribution in [2.24, 2.45) is 0 Å². The first-order valence-electron chi connectivity index (χ1n) is 8.58. The third-order valence-corrected chi connectivity index (χ3v) is 4.33. The number of anilines is 1. The molecule has 0 saturated heterocycles. The molecule has 0 fully saturated rings. The summed E-state index contributed by atoms with van der Waals surface area (Å²) >= 11 is 0. The molecule has 0 aliphatic carbocycles. The highest BCUT2D eigenvalue weighted by molar-refractivity contribution is 5.96. The second kappa shape index (κ2) is 7.91. The van der Waals surface area contributed by atoms with Crippen LogP contribution in [-0.4, -0.2) is 43.0 Å². The van der Waals surface area contributed by atoms with E-state index in [1.807, 2.05) is 43.3 Å². The van der Waals surface area contributed by atoms with Crippen LogP contribution in [0.5, 0.6) is 11.5 Å². The molecule has 3 rings (SSSR count). The predicted octanol–water partition coefficient (Wildman–Crippen LogP) is 2.49. The highest BCUT2D eigenvalue weighted by atomic mass is 16.5. The maximum absolute atomic E-state index is 12.8. The average Bonchev–Trinajstić information content (AvgIpc) is 3.10. The molecule has 6 heteroatoms. The Morgan fingerprint density at radius 3 is 2.65 bits per heavy atom. The summed E-state index contributed by atoms with van der Waals surface area (Å²) in [6.07, 6.45) is -0.0500. The molecule has 1 atom stereocenters. The fourth-order valence-corrected chi connectivity index (χ4v) is 2.98. The lowest BCUT2D eigenvalue weighted by Gasteiger charge is -2.23. The molecule has 1 aliphatic rings. The first kappa shape index (κ1) is 17.8. The molecule has 0 radical (unpaired) electrons. The molecule has 2 aromatic carbocycles. The number of carbonyl (C=O) groups excluding carboxylic acids is 2. The molecule has 2 aromatic rings. The third-order valence-electron chi connectivity index (χ3n) is 4.33. The van der Waals surface area contributed by atoms with Crippen molar-refractivity contribution < 1.29 is 19.1 Å². The largest absolute Gasteiger partial charge is 0.495 e. The molecule has 0 spiro atoms. The molecule has 1 heterocycles. The van der Waals surface area contributed by atoms with Crippen molar-refractivity contribution in [3.63, 3.8) is 0 Å². The number of methoxy groups -OCH3 is 1. The molecule has 1 aliphatic heterocycles. The van der Waals surface area contributed by atoms with E-state index >= 15 is 0 Å². The van der Waals surface area contributed by atoms with Crippen molar-refractivity contribution in [2.75, 3.05) is 25.5 Å². The predicted molar refractivity (Wildman–Crippen MR) is 98.4 cm³/mol. The normalized spacial score (nSPS) is 14.9. The van der Waals surface area contributed by atoms with E-state index in [1.54, 1.807) is 19.2 Å². The van der Waals surface area contributed by atoms with Crippen molar-refractivity contribution in [1.82, 2.24) is 4.90 Å². The molecule has 2 amide bonds. The number of likely N-dealkylation sites (N-methyl/N-ethyl adjacent to an activating group) is 1. The first-order valence-corrected chi connectivity index (χ1v) is 8.58. The zero-order valence-electron chi connectivity index (χ0n) is 14.9. The number of amides is 2. The number of para-hydroxylation sites is 3. The maximum Gasteiger partial charge on any atom is 0.264 e. The second-order valence-corrected chi connectivity index (χ2v) is 6.02. The van der Waals surface area contributed by atoms with Crippen molar-refractivity contribution in [1.29, 1.82) is 0 Å². The van der Waals surface area contributed by atoms with Crippen LogP contribution >= 0.6 is 0 Å². The van der Waals surface area contributed by atoms with Gasteiger partial charge in [0.15, 0.2) is 6.10 Å². The average molecular weight is 354 g/mol. The van der Waals surface area contributed by atoms with Crippen molar-refractivity contribution in [3.05, 3.63) is 54.1 Å². The number of carbonyl (C=O) groups is 2. The second-order valence-electron chi connectivity index (χ2n) is 6.02. The van der Waals surface area contributed by atoms with E-state index in [4.69, 9.17) is 9.47 Å². The summed E-state index contributed by atoms with van der Waals surface area (Å²) in [5.41, 5.74) is 1.59. The first-order chi connectivity index (χ1) is 12.6. The zero-order valence-corrected chi connectivity index (χ0v) is 14.9. The molecule has 0 unspecified atom stereocenters. The van der Waals surface area contributed by atoms with Crippen molar-refractivity contribution >= 4 is 17.5 Å². The van der Waals surface area contributed by atoms with Crippen molar-refractivity contribution in [2.45, 2.75) is 19.4 Å². The number of hydrogen-bond donors (Lipinski definition) is 1. The van der Waals surface area contributed by atoms with E-state index in [0.717, 1.165) is 11.3 Å². The minimum atomic E-state index is -0.577. The van der Waals surface area contributed by atoms with Gasteiger partial charge in [-0.3, -0.25) is 9.59 Å². The van der Waals surface area contributed by atoms with E-state index in [-0.39, 0.29) is 18.4 Å². The molecule has 26 heavy (non-hydrogen) atoms. The number of nitrogens with one attached hydrogen (secondary N) is 1. The lowest BCUT2D eigenvalue weighted by molar-refractivity contribution is -0.140. The summed E-state index contributed by atoms with van der Waals surface area (Å²) in [4.78, 5) is 26.6. The summed E-state index contributed by atoms with van der Waals surface area (Å²) in [6, 6.07) is 14.8. The van der Waals surface area contributed by atoms with E-state index in [9.17, 15) is 9.59 Å². The van der Waals surface area contributed by atoms with Crippen LogP contribution < -0.4 is 14.8 Å². The van der Waals surface area contributed by atoms with Crippen LogP contribution in [0, 0.1) is 0 Å². The van der Waals surface area contributed by atoms with Gasteiger partial charge >= 0.3 is 0 Å². The zero-order chi connectivity index (χ0) is 18.5. The van der Waals surface area contributed by atoms with Crippen molar-refractivity contribution in [3.8, 4) is 11.5 Å². The smallest absolute Gasteiger partial charge is 0.264 e. The maximum atomic E-state index is 12.8. The number of rotatable bonds is 6. The van der Waals surface area contributed by atoms with Gasteiger partial charge in [-0.1, -0.05) is 30.3 Å². The van der Waals surface area contributed by atoms with E-state index in [0.29, 0.717) is 24.4 Å². The standard InChI is InChI=1S/C20H22N2O4/c1-3-22(13-19(23)21-15-9-5-7-11-17(15)25-2)20(24)18-12-14-8-4-6-10-16(14)26-18/h4-11,18H,3,12-13H2,1-2H3,(H,21,23)/t18-/m1/s1. The minimum absolute atomic E-state index is 0.0381. The van der Waals surface area contributed by atoms with Crippen LogP contribution in [0.15, 0.2) is 48.5 Å². The van der Waals surface area contributed by atoms with Crippen LogP contribution in [-0.2, 0) is 16.0 Å². The molecular weight excluding hydrogens is 332 g/mol. The summed E-state index contributed by atoms with van der Waals surface area (Å²) in [7, 11) is 1.54. The minimum Gasteiger partial charge on any atom is -0.495 e. The highest BCUT2D eigenvalue weighted by Gasteiger charge is 2.32. The molecule has 0 aromatic heterocycles. The Labute approximate surface area is 152 Å². The summed E-state index contributed by atoms with van der Waals surface area (Å²) in [5, 5.41) is 2.79. The van der Waals surface area contributed by atoms with Gasteiger partial charge in [0.2, 0.25) is 5.91 Å². The van der Waals surface area contributed by atoms with Gasteiger partial charge in [-0.25, -0.2) is 0 Å². The number of benzene rings is 2. The molecular formula is C20H22N2O4. The molecule has 136 valence electrons.